The molecule has 0 saturated heterocycles. The Hall–Kier alpha value is -7.42. The number of para-hydroxylation sites is 2. The van der Waals surface area contributed by atoms with Gasteiger partial charge in [0.15, 0.2) is 0 Å². The molecule has 346 valence electrons. The number of rotatable bonds is 6. The van der Waals surface area contributed by atoms with E-state index < -0.39 is 0 Å². The Morgan fingerprint density at radius 1 is 0.380 bits per heavy atom. The minimum Gasteiger partial charge on any atom is -0.456 e. The molecule has 3 aliphatic rings. The fourth-order valence-electron chi connectivity index (χ4n) is 13.9. The van der Waals surface area contributed by atoms with Gasteiger partial charge in [-0.15, -0.1) is 0 Å². The van der Waals surface area contributed by atoms with E-state index in [4.69, 9.17) is 8.83 Å². The molecule has 9 aromatic carbocycles. The summed E-state index contributed by atoms with van der Waals surface area (Å²) in [5.41, 5.74) is 30.3. The largest absolute Gasteiger partial charge is 0.456 e. The number of fused-ring (bicyclic) bond motifs is 17. The van der Waals surface area contributed by atoms with Crippen molar-refractivity contribution in [1.82, 2.24) is 0 Å². The highest BCUT2D eigenvalue weighted by Gasteiger charge is 2.43. The molecule has 2 heteroatoms. The van der Waals surface area contributed by atoms with E-state index in [0.717, 1.165) is 35.2 Å². The average molecular weight is 919 g/mol. The smallest absolute Gasteiger partial charge is 0.143 e. The van der Waals surface area contributed by atoms with Crippen molar-refractivity contribution in [3.05, 3.63) is 224 Å². The Labute approximate surface area is 417 Å². The quantitative estimate of drug-likeness (QED) is 0.166. The van der Waals surface area contributed by atoms with Gasteiger partial charge in [-0.1, -0.05) is 168 Å². The highest BCUT2D eigenvalue weighted by atomic mass is 16.3. The van der Waals surface area contributed by atoms with Gasteiger partial charge < -0.3 is 8.83 Å². The van der Waals surface area contributed by atoms with Gasteiger partial charge in [0, 0.05) is 43.4 Å². The molecule has 0 aliphatic heterocycles. The van der Waals surface area contributed by atoms with E-state index in [1.807, 2.05) is 0 Å². The molecule has 0 amide bonds. The van der Waals surface area contributed by atoms with E-state index in [-0.39, 0.29) is 22.2 Å². The van der Waals surface area contributed by atoms with Crippen LogP contribution in [-0.2, 0) is 29.1 Å². The van der Waals surface area contributed by atoms with Crippen LogP contribution in [0.15, 0.2) is 167 Å². The Balaban J connectivity index is 0.852. The summed E-state index contributed by atoms with van der Waals surface area (Å²) in [4.78, 5) is 0. The van der Waals surface area contributed by atoms with Crippen LogP contribution in [-0.4, -0.2) is 0 Å². The van der Waals surface area contributed by atoms with Gasteiger partial charge in [0.05, 0.1) is 0 Å². The molecule has 0 radical (unpaired) electrons. The fraction of sp³-hybridized carbons (Fsp3) is 0.217. The highest BCUT2D eigenvalue weighted by molar-refractivity contribution is 6.19. The van der Waals surface area contributed by atoms with E-state index in [9.17, 15) is 0 Å². The maximum atomic E-state index is 6.82. The Bertz CT molecular complexity index is 4120. The first kappa shape index (κ1) is 42.5. The van der Waals surface area contributed by atoms with Gasteiger partial charge in [0.25, 0.3) is 0 Å². The lowest BCUT2D eigenvalue weighted by molar-refractivity contribution is 0.644. The number of benzene rings is 9. The van der Waals surface area contributed by atoms with Crippen LogP contribution in [0.5, 0.6) is 0 Å². The van der Waals surface area contributed by atoms with Gasteiger partial charge >= 0.3 is 0 Å². The molecule has 0 bridgehead atoms. The molecular formula is C69H58O2. The molecular weight excluding hydrogens is 861 g/mol. The predicted octanol–water partition coefficient (Wildman–Crippen LogP) is 18.6. The second-order valence-corrected chi connectivity index (χ2v) is 23.0. The lowest BCUT2D eigenvalue weighted by Gasteiger charge is -2.25. The zero-order valence-electron chi connectivity index (χ0n) is 42.3. The average Bonchev–Trinajstić information content (AvgIpc) is 4.10. The molecule has 11 aromatic rings. The van der Waals surface area contributed by atoms with Crippen LogP contribution in [0, 0.1) is 20.8 Å². The van der Waals surface area contributed by atoms with Gasteiger partial charge in [-0.2, -0.15) is 0 Å². The first-order valence-corrected chi connectivity index (χ1v) is 25.7. The van der Waals surface area contributed by atoms with Gasteiger partial charge in [-0.05, 0) is 176 Å². The minimum atomic E-state index is -0.212. The van der Waals surface area contributed by atoms with Crippen LogP contribution in [0.3, 0.4) is 0 Å². The third-order valence-corrected chi connectivity index (χ3v) is 17.7. The summed E-state index contributed by atoms with van der Waals surface area (Å²) in [6.45, 7) is 21.3. The standard InChI is InChI=1S/C69H58O2/c1-38-22-25-44(40(3)30-38)43(32-42-24-27-47-55(34-42)69(8,9)58-36-51(45-17-11-10-16-39(45)2)66-65(62(47)58)49-19-13-15-21-60(49)71-66)31-41-23-26-46-50-35-57-52(37-56(50)68(6,7)54(46)33-41)63-53(67(57,4)5)28-29-61-64(63)48-18-12-14-20-59(48)70-61/h10-30,33-37,43H,31-32H2,1-9H3. The van der Waals surface area contributed by atoms with Crippen LogP contribution in [0.2, 0.25) is 0 Å². The van der Waals surface area contributed by atoms with Crippen molar-refractivity contribution in [2.75, 3.05) is 0 Å². The predicted molar refractivity (Wildman–Crippen MR) is 296 cm³/mol. The molecule has 2 aromatic heterocycles. The van der Waals surface area contributed by atoms with Crippen molar-refractivity contribution in [2.24, 2.45) is 0 Å². The third-order valence-electron chi connectivity index (χ3n) is 17.7. The Kier molecular flexibility index (Phi) is 8.72. The molecule has 3 aliphatic carbocycles. The van der Waals surface area contributed by atoms with Crippen molar-refractivity contribution in [2.45, 2.75) is 97.3 Å². The van der Waals surface area contributed by atoms with E-state index in [1.54, 1.807) is 0 Å². The molecule has 0 spiro atoms. The topological polar surface area (TPSA) is 26.3 Å². The fourth-order valence-corrected chi connectivity index (χ4v) is 13.9. The van der Waals surface area contributed by atoms with Crippen LogP contribution in [0.25, 0.3) is 88.4 Å². The molecule has 1 atom stereocenters. The van der Waals surface area contributed by atoms with Crippen LogP contribution in [0.1, 0.15) is 114 Å². The molecule has 71 heavy (non-hydrogen) atoms. The van der Waals surface area contributed by atoms with Crippen molar-refractivity contribution >= 4 is 43.9 Å². The van der Waals surface area contributed by atoms with Crippen LogP contribution >= 0.6 is 0 Å². The zero-order valence-corrected chi connectivity index (χ0v) is 42.3. The maximum Gasteiger partial charge on any atom is 0.143 e. The Morgan fingerprint density at radius 2 is 0.944 bits per heavy atom. The summed E-state index contributed by atoms with van der Waals surface area (Å²) in [5, 5.41) is 4.85. The van der Waals surface area contributed by atoms with Crippen molar-refractivity contribution in [1.29, 1.82) is 0 Å². The van der Waals surface area contributed by atoms with Crippen LogP contribution < -0.4 is 0 Å². The molecule has 0 saturated carbocycles. The Morgan fingerprint density at radius 3 is 1.68 bits per heavy atom. The minimum absolute atomic E-state index is 0.141. The van der Waals surface area contributed by atoms with Crippen molar-refractivity contribution in [3.8, 4) is 44.5 Å². The SMILES string of the molecule is Cc1ccc(C(Cc2ccc3c(c2)C(C)(C)c2cc4c(cc2-3)C(C)(C)c2ccc3oc5ccccc5c3c2-4)Cc2ccc3c(c2)C(C)(C)c2cc(-c4ccccc4C)c4oc5ccccc5c4c2-3)c(C)c1. The number of furan rings is 2. The summed E-state index contributed by atoms with van der Waals surface area (Å²) in [5.74, 6) is 0.288. The van der Waals surface area contributed by atoms with Gasteiger partial charge in [0.1, 0.15) is 22.3 Å². The van der Waals surface area contributed by atoms with Gasteiger partial charge in [-0.3, -0.25) is 0 Å². The monoisotopic (exact) mass is 918 g/mol. The van der Waals surface area contributed by atoms with E-state index in [1.165, 1.54) is 133 Å². The normalized spacial score (nSPS) is 15.8. The molecule has 1 unspecified atom stereocenters. The lowest BCUT2D eigenvalue weighted by Crippen LogP contribution is -2.17. The van der Waals surface area contributed by atoms with E-state index in [0.29, 0.717) is 0 Å². The summed E-state index contributed by atoms with van der Waals surface area (Å²) < 4.78 is 13.3. The summed E-state index contributed by atoms with van der Waals surface area (Å²) in [7, 11) is 0. The molecule has 2 heterocycles. The highest BCUT2D eigenvalue weighted by Crippen LogP contribution is 2.59. The van der Waals surface area contributed by atoms with Gasteiger partial charge in [-0.25, -0.2) is 0 Å². The third kappa shape index (κ3) is 5.88. The zero-order chi connectivity index (χ0) is 48.5. The summed E-state index contributed by atoms with van der Waals surface area (Å²) in [6, 6.07) is 59.8. The second-order valence-electron chi connectivity index (χ2n) is 23.0. The molecule has 2 nitrogen and oxygen atoms in total. The number of hydrogen-bond donors (Lipinski definition) is 0. The lowest BCUT2D eigenvalue weighted by atomic mass is 9.78. The summed E-state index contributed by atoms with van der Waals surface area (Å²) in [6.07, 6.45) is 1.90. The van der Waals surface area contributed by atoms with Crippen molar-refractivity contribution < 1.29 is 8.83 Å². The van der Waals surface area contributed by atoms with Crippen molar-refractivity contribution in [3.63, 3.8) is 0 Å². The molecule has 14 rings (SSSR count). The van der Waals surface area contributed by atoms with E-state index >= 15 is 0 Å². The van der Waals surface area contributed by atoms with E-state index in [2.05, 4.69) is 220 Å². The van der Waals surface area contributed by atoms with Crippen LogP contribution in [0.4, 0.5) is 0 Å². The molecule has 0 N–H and O–H groups in total. The first-order chi connectivity index (χ1) is 34.2. The summed E-state index contributed by atoms with van der Waals surface area (Å²) >= 11 is 0. The number of aryl methyl sites for hydroxylation is 3. The first-order valence-electron chi connectivity index (χ1n) is 25.7. The van der Waals surface area contributed by atoms with Gasteiger partial charge in [0.2, 0.25) is 0 Å². The molecule has 0 fully saturated rings. The second kappa shape index (κ2) is 14.6. The number of hydrogen-bond acceptors (Lipinski definition) is 2. The maximum absolute atomic E-state index is 6.82.